The zero-order valence-electron chi connectivity index (χ0n) is 14.5. The first kappa shape index (κ1) is 19.3. The zero-order valence-corrected chi connectivity index (χ0v) is 15.4. The molecule has 0 bridgehead atoms. The first-order valence-electron chi connectivity index (χ1n) is 8.24. The van der Waals surface area contributed by atoms with Gasteiger partial charge in [-0.3, -0.25) is 9.52 Å². The quantitative estimate of drug-likeness (QED) is 0.482. The van der Waals surface area contributed by atoms with Crippen LogP contribution in [0.1, 0.15) is 15.9 Å². The molecule has 0 saturated heterocycles. The smallest absolute Gasteiger partial charge is 0.261 e. The molecule has 3 rings (SSSR count). The summed E-state index contributed by atoms with van der Waals surface area (Å²) in [4.78, 5) is 12.1. The Bertz CT molecular complexity index is 1120. The van der Waals surface area contributed by atoms with Gasteiger partial charge in [0.2, 0.25) is 0 Å². The molecule has 28 heavy (non-hydrogen) atoms. The fraction of sp³-hybridized carbons (Fsp3) is 0. The van der Waals surface area contributed by atoms with Gasteiger partial charge in [-0.1, -0.05) is 30.3 Å². The van der Waals surface area contributed by atoms with Gasteiger partial charge in [-0.05, 0) is 54.1 Å². The van der Waals surface area contributed by atoms with Crippen LogP contribution in [0.2, 0.25) is 0 Å². The van der Waals surface area contributed by atoms with Crippen LogP contribution in [0, 0.1) is 5.82 Å². The Morgan fingerprint density at radius 2 is 1.64 bits per heavy atom. The molecule has 0 radical (unpaired) electrons. The fourth-order valence-electron chi connectivity index (χ4n) is 2.46. The highest BCUT2D eigenvalue weighted by Crippen LogP contribution is 2.26. The second-order valence-corrected chi connectivity index (χ2v) is 7.58. The van der Waals surface area contributed by atoms with E-state index in [1.165, 1.54) is 30.4 Å². The number of aromatic hydroxyl groups is 1. The van der Waals surface area contributed by atoms with Crippen molar-refractivity contribution in [2.75, 3.05) is 4.72 Å². The Balaban J connectivity index is 1.90. The van der Waals surface area contributed by atoms with Gasteiger partial charge in [-0.15, -0.1) is 0 Å². The van der Waals surface area contributed by atoms with Crippen molar-refractivity contribution in [2.24, 2.45) is 0 Å². The minimum absolute atomic E-state index is 0.0847. The summed E-state index contributed by atoms with van der Waals surface area (Å²) in [5, 5.41) is 9.72. The lowest BCUT2D eigenvalue weighted by Gasteiger charge is -2.11. The fourth-order valence-corrected chi connectivity index (χ4v) is 3.54. The normalized spacial score (nSPS) is 11.5. The van der Waals surface area contributed by atoms with E-state index in [0.717, 1.165) is 24.3 Å². The maximum atomic E-state index is 13.0. The minimum atomic E-state index is -4.01. The molecule has 0 aliphatic rings. The van der Waals surface area contributed by atoms with Gasteiger partial charge in [-0.2, -0.15) is 0 Å². The van der Waals surface area contributed by atoms with E-state index in [9.17, 15) is 22.7 Å². The van der Waals surface area contributed by atoms with Crippen LogP contribution in [-0.4, -0.2) is 19.3 Å². The van der Waals surface area contributed by atoms with E-state index >= 15 is 0 Å². The van der Waals surface area contributed by atoms with E-state index in [0.29, 0.717) is 11.1 Å². The predicted octanol–water partition coefficient (Wildman–Crippen LogP) is 4.23. The van der Waals surface area contributed by atoms with Crippen LogP contribution < -0.4 is 4.72 Å². The van der Waals surface area contributed by atoms with Crippen LogP contribution >= 0.6 is 0 Å². The average molecular weight is 397 g/mol. The highest BCUT2D eigenvalue weighted by molar-refractivity contribution is 7.92. The van der Waals surface area contributed by atoms with Gasteiger partial charge < -0.3 is 5.11 Å². The van der Waals surface area contributed by atoms with E-state index in [1.807, 2.05) is 0 Å². The van der Waals surface area contributed by atoms with Gasteiger partial charge in [0.05, 0.1) is 10.6 Å². The molecular formula is C21H16FNO4S. The first-order valence-corrected chi connectivity index (χ1v) is 9.72. The summed E-state index contributed by atoms with van der Waals surface area (Å²) in [7, 11) is -4.01. The Morgan fingerprint density at radius 1 is 0.964 bits per heavy atom. The van der Waals surface area contributed by atoms with Crippen molar-refractivity contribution >= 4 is 27.6 Å². The molecule has 0 aromatic heterocycles. The van der Waals surface area contributed by atoms with Crippen LogP contribution in [0.25, 0.3) is 6.08 Å². The number of hydrogen-bond donors (Lipinski definition) is 2. The largest absolute Gasteiger partial charge is 0.508 e. The van der Waals surface area contributed by atoms with Crippen molar-refractivity contribution in [2.45, 2.75) is 4.90 Å². The molecule has 0 saturated carbocycles. The number of allylic oxidation sites excluding steroid dienone is 1. The summed E-state index contributed by atoms with van der Waals surface area (Å²) in [5.74, 6) is -0.955. The van der Waals surface area contributed by atoms with Gasteiger partial charge in [-0.25, -0.2) is 12.8 Å². The standard InChI is InChI=1S/C21H16FNO4S/c22-17-8-11-19(12-9-17)28(26,27)23-20-14-18(24)10-6-15(20)7-13-21(25)16-4-2-1-3-5-16/h1-14,23-24H/b13-7+. The Morgan fingerprint density at radius 3 is 2.32 bits per heavy atom. The molecule has 3 aromatic rings. The third-order valence-electron chi connectivity index (χ3n) is 3.88. The highest BCUT2D eigenvalue weighted by atomic mass is 32.2. The number of sulfonamides is 1. The van der Waals surface area contributed by atoms with E-state index in [2.05, 4.69) is 4.72 Å². The number of rotatable bonds is 6. The number of phenolic OH excluding ortho intramolecular Hbond substituents is 1. The van der Waals surface area contributed by atoms with Crippen LogP contribution in [0.5, 0.6) is 5.75 Å². The molecule has 0 fully saturated rings. The van der Waals surface area contributed by atoms with Gasteiger partial charge in [0.15, 0.2) is 5.78 Å². The molecule has 3 aromatic carbocycles. The summed E-state index contributed by atoms with van der Waals surface area (Å²) < 4.78 is 40.5. The molecule has 0 amide bonds. The lowest BCUT2D eigenvalue weighted by atomic mass is 10.1. The number of benzene rings is 3. The third kappa shape index (κ3) is 4.63. The van der Waals surface area contributed by atoms with Crippen molar-refractivity contribution in [1.82, 2.24) is 0 Å². The lowest BCUT2D eigenvalue weighted by Crippen LogP contribution is -2.13. The molecular weight excluding hydrogens is 381 g/mol. The number of phenols is 1. The third-order valence-corrected chi connectivity index (χ3v) is 5.26. The molecule has 5 nitrogen and oxygen atoms in total. The van der Waals surface area contributed by atoms with Gasteiger partial charge in [0.1, 0.15) is 11.6 Å². The van der Waals surface area contributed by atoms with E-state index in [1.54, 1.807) is 30.3 Å². The molecule has 0 atom stereocenters. The Kier molecular flexibility index (Phi) is 5.56. The first-order chi connectivity index (χ1) is 13.3. The molecule has 142 valence electrons. The molecule has 0 heterocycles. The van der Waals surface area contributed by atoms with Gasteiger partial charge in [0.25, 0.3) is 10.0 Å². The Hall–Kier alpha value is -3.45. The average Bonchev–Trinajstić information content (AvgIpc) is 2.68. The van der Waals surface area contributed by atoms with Crippen molar-refractivity contribution in [3.63, 3.8) is 0 Å². The minimum Gasteiger partial charge on any atom is -0.508 e. The number of halogens is 1. The zero-order chi connectivity index (χ0) is 20.1. The highest BCUT2D eigenvalue weighted by Gasteiger charge is 2.16. The van der Waals surface area contributed by atoms with Gasteiger partial charge >= 0.3 is 0 Å². The lowest BCUT2D eigenvalue weighted by molar-refractivity contribution is 0.104. The van der Waals surface area contributed by atoms with E-state index < -0.39 is 15.8 Å². The van der Waals surface area contributed by atoms with Crippen molar-refractivity contribution in [3.8, 4) is 5.75 Å². The summed E-state index contributed by atoms with van der Waals surface area (Å²) in [6.07, 6.45) is 2.77. The number of ketones is 1. The monoisotopic (exact) mass is 397 g/mol. The predicted molar refractivity (Wildman–Crippen MR) is 105 cm³/mol. The second kappa shape index (κ2) is 8.06. The summed E-state index contributed by atoms with van der Waals surface area (Å²) in [5.41, 5.74) is 0.958. The molecule has 0 aliphatic heterocycles. The number of carbonyl (C=O) groups excluding carboxylic acids is 1. The molecule has 2 N–H and O–H groups in total. The molecule has 0 aliphatic carbocycles. The van der Waals surface area contributed by atoms with Crippen LogP contribution in [-0.2, 0) is 10.0 Å². The molecule has 0 unspecified atom stereocenters. The number of nitrogens with one attached hydrogen (secondary N) is 1. The number of anilines is 1. The van der Waals surface area contributed by atoms with Crippen molar-refractivity contribution in [3.05, 3.63) is 95.8 Å². The second-order valence-electron chi connectivity index (χ2n) is 5.89. The SMILES string of the molecule is O=C(/C=C/c1ccc(O)cc1NS(=O)(=O)c1ccc(F)cc1)c1ccccc1. The Labute approximate surface area is 161 Å². The topological polar surface area (TPSA) is 83.5 Å². The van der Waals surface area contributed by atoms with Crippen LogP contribution in [0.15, 0.2) is 83.8 Å². The maximum Gasteiger partial charge on any atom is 0.261 e. The van der Waals surface area contributed by atoms with Crippen LogP contribution in [0.4, 0.5) is 10.1 Å². The van der Waals surface area contributed by atoms with E-state index in [4.69, 9.17) is 0 Å². The summed E-state index contributed by atoms with van der Waals surface area (Å²) in [6, 6.07) is 17.0. The summed E-state index contributed by atoms with van der Waals surface area (Å²) >= 11 is 0. The van der Waals surface area contributed by atoms with Crippen LogP contribution in [0.3, 0.4) is 0 Å². The molecule has 0 spiro atoms. The number of hydrogen-bond acceptors (Lipinski definition) is 4. The van der Waals surface area contributed by atoms with E-state index in [-0.39, 0.29) is 22.1 Å². The molecule has 7 heteroatoms. The maximum absolute atomic E-state index is 13.0. The van der Waals surface area contributed by atoms with Crippen molar-refractivity contribution in [1.29, 1.82) is 0 Å². The summed E-state index contributed by atoms with van der Waals surface area (Å²) in [6.45, 7) is 0. The number of carbonyl (C=O) groups is 1. The van der Waals surface area contributed by atoms with Gasteiger partial charge in [0, 0.05) is 11.6 Å². The van der Waals surface area contributed by atoms with Crippen molar-refractivity contribution < 1.29 is 22.7 Å².